The van der Waals surface area contributed by atoms with Gasteiger partial charge in [0.2, 0.25) is 5.91 Å². The van der Waals surface area contributed by atoms with Gasteiger partial charge in [-0.25, -0.2) is 0 Å². The van der Waals surface area contributed by atoms with Gasteiger partial charge in [-0.2, -0.15) is 0 Å². The topological polar surface area (TPSA) is 114 Å². The lowest BCUT2D eigenvalue weighted by atomic mass is 10.0. The van der Waals surface area contributed by atoms with Crippen molar-refractivity contribution in [3.05, 3.63) is 72.9 Å². The minimum Gasteiger partial charge on any atom is -0.756 e. The molecule has 1 N–H and O–H groups in total. The Labute approximate surface area is 476 Å². The Morgan fingerprint density at radius 3 is 1.36 bits per heavy atom. The molecule has 0 saturated heterocycles. The molecule has 0 aromatic heterocycles. The van der Waals surface area contributed by atoms with Gasteiger partial charge in [0.05, 0.1) is 33.8 Å². The molecule has 1 amide bonds. The second kappa shape index (κ2) is 56.7. The van der Waals surface area contributed by atoms with Crippen LogP contribution in [0.4, 0.5) is 0 Å². The molecule has 0 aliphatic carbocycles. The van der Waals surface area contributed by atoms with E-state index in [1.165, 1.54) is 167 Å². The fourth-order valence-electron chi connectivity index (χ4n) is 9.20. The van der Waals surface area contributed by atoms with Crippen molar-refractivity contribution >= 4 is 19.7 Å². The third kappa shape index (κ3) is 57.9. The number of allylic oxidation sites excluding steroid dienone is 11. The van der Waals surface area contributed by atoms with E-state index in [0.717, 1.165) is 83.5 Å². The summed E-state index contributed by atoms with van der Waals surface area (Å²) in [6.07, 6.45) is 73.1. The number of quaternary nitrogens is 1. The first-order valence-corrected chi connectivity index (χ1v) is 33.7. The summed E-state index contributed by atoms with van der Waals surface area (Å²) < 4.78 is 30.3. The Balaban J connectivity index is 5.11. The second-order valence-corrected chi connectivity index (χ2v) is 24.4. The maximum Gasteiger partial charge on any atom is 0.306 e. The first-order valence-electron chi connectivity index (χ1n) is 32.3. The fraction of sp³-hybridized carbons (Fsp3) is 0.791. The van der Waals surface area contributed by atoms with Gasteiger partial charge in [0.25, 0.3) is 7.82 Å². The number of ether oxygens (including phenoxy) is 1. The molecule has 77 heavy (non-hydrogen) atoms. The zero-order valence-electron chi connectivity index (χ0n) is 51.2. The minimum absolute atomic E-state index is 0.0280. The van der Waals surface area contributed by atoms with Crippen molar-refractivity contribution < 1.29 is 37.3 Å². The summed E-state index contributed by atoms with van der Waals surface area (Å²) in [7, 11) is 1.17. The summed E-state index contributed by atoms with van der Waals surface area (Å²) in [4.78, 5) is 40.0. The van der Waals surface area contributed by atoms with Crippen LogP contribution in [0.15, 0.2) is 72.9 Å². The van der Waals surface area contributed by atoms with Crippen LogP contribution in [0.1, 0.15) is 290 Å². The summed E-state index contributed by atoms with van der Waals surface area (Å²) in [5, 5.41) is 3.02. The molecule has 0 rings (SSSR count). The van der Waals surface area contributed by atoms with E-state index in [1.807, 2.05) is 33.3 Å². The van der Waals surface area contributed by atoms with E-state index in [4.69, 9.17) is 13.8 Å². The maximum absolute atomic E-state index is 13.5. The Morgan fingerprint density at radius 2 is 0.883 bits per heavy atom. The average molecular weight is 1100 g/mol. The molecule has 0 aromatic rings. The molecule has 448 valence electrons. The van der Waals surface area contributed by atoms with Gasteiger partial charge in [0.1, 0.15) is 19.3 Å². The van der Waals surface area contributed by atoms with Crippen LogP contribution >= 0.6 is 7.82 Å². The largest absolute Gasteiger partial charge is 0.756 e. The van der Waals surface area contributed by atoms with Crippen LogP contribution in [0.2, 0.25) is 0 Å². The Bertz CT molecular complexity index is 1550. The van der Waals surface area contributed by atoms with E-state index >= 15 is 0 Å². The number of esters is 1. The van der Waals surface area contributed by atoms with Crippen molar-refractivity contribution in [2.75, 3.05) is 40.9 Å². The maximum atomic E-state index is 13.5. The molecule has 0 aromatic carbocycles. The number of hydrogen-bond acceptors (Lipinski definition) is 7. The molecule has 3 atom stereocenters. The number of unbranched alkanes of at least 4 members (excludes halogenated alkanes) is 34. The number of nitrogens with zero attached hydrogens (tertiary/aromatic N) is 1. The average Bonchev–Trinajstić information content (AvgIpc) is 3.39. The zero-order chi connectivity index (χ0) is 56.4. The lowest BCUT2D eigenvalue weighted by Crippen LogP contribution is -2.47. The van der Waals surface area contributed by atoms with Crippen LogP contribution in [-0.2, 0) is 27.9 Å². The van der Waals surface area contributed by atoms with Gasteiger partial charge in [0, 0.05) is 12.8 Å². The van der Waals surface area contributed by atoms with E-state index < -0.39 is 26.6 Å². The van der Waals surface area contributed by atoms with Gasteiger partial charge in [0.15, 0.2) is 0 Å². The van der Waals surface area contributed by atoms with Gasteiger partial charge in [-0.05, 0) is 83.1 Å². The monoisotopic (exact) mass is 1100 g/mol. The van der Waals surface area contributed by atoms with Crippen LogP contribution in [0.5, 0.6) is 0 Å². The van der Waals surface area contributed by atoms with Crippen molar-refractivity contribution in [2.24, 2.45) is 0 Å². The number of phosphoric ester groups is 1. The molecule has 0 aliphatic rings. The number of hydrogen-bond donors (Lipinski definition) is 1. The fourth-order valence-corrected chi connectivity index (χ4v) is 9.92. The number of carbonyl (C=O) groups is 2. The van der Waals surface area contributed by atoms with Gasteiger partial charge in [-0.3, -0.25) is 14.2 Å². The quantitative estimate of drug-likeness (QED) is 0.0161. The van der Waals surface area contributed by atoms with Gasteiger partial charge >= 0.3 is 5.97 Å². The van der Waals surface area contributed by atoms with Crippen LogP contribution in [0.25, 0.3) is 0 Å². The molecule has 0 radical (unpaired) electrons. The molecular weight excluding hydrogens is 976 g/mol. The summed E-state index contributed by atoms with van der Waals surface area (Å²) in [6.45, 7) is 6.69. The highest BCUT2D eigenvalue weighted by atomic mass is 31.2. The van der Waals surface area contributed by atoms with Crippen molar-refractivity contribution in [3.63, 3.8) is 0 Å². The lowest BCUT2D eigenvalue weighted by Gasteiger charge is -2.30. The van der Waals surface area contributed by atoms with Crippen molar-refractivity contribution in [1.29, 1.82) is 0 Å². The molecule has 9 nitrogen and oxygen atoms in total. The SMILES string of the molecule is CC/C=C/C=C/C=C\CCCCCCCC(=O)NC(COP(=O)([O-])OCC[N+](C)(C)C)C(/C=C\CCCCCCCCCCCCC)OC(=O)CCCCCCCCCCCCCCCCC/C=C\C/C=C\CCCCC. The van der Waals surface area contributed by atoms with Gasteiger partial charge < -0.3 is 28.5 Å². The third-order valence-corrected chi connectivity index (χ3v) is 15.1. The number of phosphoric acid groups is 1. The minimum atomic E-state index is -4.71. The first-order chi connectivity index (χ1) is 37.4. The standard InChI is InChI=1S/C67H123N2O7P/c1-7-10-13-16-19-22-25-28-29-30-31-32-33-34-35-36-37-38-39-42-45-48-51-54-57-60-67(71)76-65(58-55-52-49-46-43-40-26-23-20-17-14-11-8-2)64(63-75-77(72,73)74-62-61-69(4,5)6)68-66(70)59-56-53-50-47-44-41-27-24-21-18-15-12-9-3/h12,15,18-19,21-22,24,27-29,55,58,64-65H,7-11,13-14,16-17,20,23,25-26,30-54,56-57,59-63H2,1-6H3,(H-,68,70,72,73)/b15-12+,21-18+,22-19-,27-24-,29-28-,58-55-. The summed E-state index contributed by atoms with van der Waals surface area (Å²) in [5.74, 6) is -0.560. The summed E-state index contributed by atoms with van der Waals surface area (Å²) in [5.41, 5.74) is 0. The highest BCUT2D eigenvalue weighted by Crippen LogP contribution is 2.38. The van der Waals surface area contributed by atoms with E-state index in [0.29, 0.717) is 23.9 Å². The summed E-state index contributed by atoms with van der Waals surface area (Å²) >= 11 is 0. The van der Waals surface area contributed by atoms with Crippen molar-refractivity contribution in [1.82, 2.24) is 5.32 Å². The first kappa shape index (κ1) is 74.5. The van der Waals surface area contributed by atoms with Crippen LogP contribution in [-0.4, -0.2) is 69.4 Å². The predicted octanol–water partition coefficient (Wildman–Crippen LogP) is 19.4. The lowest BCUT2D eigenvalue weighted by molar-refractivity contribution is -0.870. The highest BCUT2D eigenvalue weighted by molar-refractivity contribution is 7.45. The smallest absolute Gasteiger partial charge is 0.306 e. The van der Waals surface area contributed by atoms with Crippen molar-refractivity contribution in [2.45, 2.75) is 303 Å². The van der Waals surface area contributed by atoms with Gasteiger partial charge in [-0.15, -0.1) is 0 Å². The van der Waals surface area contributed by atoms with Crippen LogP contribution in [0, 0.1) is 0 Å². The molecule has 3 unspecified atom stereocenters. The molecule has 0 aliphatic heterocycles. The molecule has 0 bridgehead atoms. The number of nitrogens with one attached hydrogen (secondary N) is 1. The number of rotatable bonds is 58. The Morgan fingerprint density at radius 1 is 0.481 bits per heavy atom. The molecule has 0 spiro atoms. The number of likely N-dealkylation sites (N-methyl/N-ethyl adjacent to an activating group) is 1. The Kier molecular flexibility index (Phi) is 54.8. The van der Waals surface area contributed by atoms with Gasteiger partial charge in [-0.1, -0.05) is 267 Å². The molecular formula is C67H123N2O7P. The van der Waals surface area contributed by atoms with Crippen molar-refractivity contribution in [3.8, 4) is 0 Å². The van der Waals surface area contributed by atoms with E-state index in [1.54, 1.807) is 0 Å². The molecule has 10 heteroatoms. The normalized spacial score (nSPS) is 14.1. The molecule has 0 heterocycles. The second-order valence-electron chi connectivity index (χ2n) is 22.9. The third-order valence-electron chi connectivity index (χ3n) is 14.2. The van der Waals surface area contributed by atoms with E-state index in [9.17, 15) is 19.0 Å². The number of carbonyl (C=O) groups excluding carboxylic acids is 2. The molecule has 0 saturated carbocycles. The summed E-state index contributed by atoms with van der Waals surface area (Å²) in [6, 6.07) is -0.900. The number of amides is 1. The highest BCUT2D eigenvalue weighted by Gasteiger charge is 2.27. The Hall–Kier alpha value is -2.55. The van der Waals surface area contributed by atoms with E-state index in [-0.39, 0.29) is 24.9 Å². The predicted molar refractivity (Wildman–Crippen MR) is 330 cm³/mol. The molecule has 0 fully saturated rings. The van der Waals surface area contributed by atoms with Crippen LogP contribution < -0.4 is 10.2 Å². The van der Waals surface area contributed by atoms with Crippen LogP contribution in [0.3, 0.4) is 0 Å². The zero-order valence-corrected chi connectivity index (χ0v) is 52.0. The van der Waals surface area contributed by atoms with E-state index in [2.05, 4.69) is 86.8 Å².